The van der Waals surface area contributed by atoms with E-state index < -0.39 is 0 Å². The number of nitrogens with one attached hydrogen (secondary N) is 1. The van der Waals surface area contributed by atoms with E-state index in [9.17, 15) is 0 Å². The molecule has 0 aliphatic rings. The Morgan fingerprint density at radius 1 is 0.468 bits per heavy atom. The first-order valence-corrected chi connectivity index (χ1v) is 21.1. The van der Waals surface area contributed by atoms with E-state index in [1.165, 1.54) is 54.9 Å². The quantitative estimate of drug-likeness (QED) is 0.182. The molecule has 5 heterocycles. The molecule has 12 aromatic rings. The van der Waals surface area contributed by atoms with Gasteiger partial charge < -0.3 is 4.98 Å². The molecule has 0 unspecified atom stereocenters. The van der Waals surface area contributed by atoms with Gasteiger partial charge in [0.25, 0.3) is 0 Å². The summed E-state index contributed by atoms with van der Waals surface area (Å²) in [5.74, 6) is 1.75. The third kappa shape index (κ3) is 5.46. The molecular formula is C56H40N6. The Kier molecular flexibility index (Phi) is 8.09. The number of aromatic nitrogens is 6. The predicted molar refractivity (Wildman–Crippen MR) is 256 cm³/mol. The number of aromatic amines is 1. The van der Waals surface area contributed by atoms with Crippen molar-refractivity contribution in [2.45, 2.75) is 20.8 Å². The number of rotatable bonds is 6. The lowest BCUT2D eigenvalue weighted by Crippen LogP contribution is -1.98. The van der Waals surface area contributed by atoms with Gasteiger partial charge in [0.15, 0.2) is 0 Å². The van der Waals surface area contributed by atoms with E-state index in [1.54, 1.807) is 0 Å². The van der Waals surface area contributed by atoms with Crippen molar-refractivity contribution in [2.24, 2.45) is 0 Å². The van der Waals surface area contributed by atoms with Crippen LogP contribution in [0.1, 0.15) is 16.7 Å². The van der Waals surface area contributed by atoms with Gasteiger partial charge in [-0.05, 0) is 138 Å². The van der Waals surface area contributed by atoms with Gasteiger partial charge in [-0.25, -0.2) is 9.97 Å². The summed E-state index contributed by atoms with van der Waals surface area (Å²) in [7, 11) is 0. The number of hydrogen-bond acceptors (Lipinski definition) is 3. The van der Waals surface area contributed by atoms with Crippen molar-refractivity contribution in [3.63, 3.8) is 0 Å². The van der Waals surface area contributed by atoms with Crippen molar-refractivity contribution < 1.29 is 0 Å². The molecule has 0 aliphatic heterocycles. The summed E-state index contributed by atoms with van der Waals surface area (Å²) in [6, 6.07) is 58.5. The molecule has 6 heteroatoms. The molecule has 0 atom stereocenters. The standard InChI is InChI=1S/C56H40N6/c1-34-31-47-52(36(3)35(34)2)53-42(38-26-29-57-30-27-38)23-24-45(55(53)59-47)56-60-54-43(17-12-18-49(54)61(56)41-15-8-5-9-16-41)40-20-22-44-46-32-39(37-13-6-4-7-14-37)21-25-48(46)62(50(44)33-40)51-19-10-11-28-58-51/h4-33,59H,1-3H3. The van der Waals surface area contributed by atoms with Crippen LogP contribution in [0.15, 0.2) is 182 Å². The Hall–Kier alpha value is -8.09. The van der Waals surface area contributed by atoms with Gasteiger partial charge in [0.1, 0.15) is 11.6 Å². The fourth-order valence-electron chi connectivity index (χ4n) is 9.67. The molecule has 0 aliphatic carbocycles. The topological polar surface area (TPSA) is 64.3 Å². The first kappa shape index (κ1) is 35.8. The van der Waals surface area contributed by atoms with Crippen LogP contribution in [0, 0.1) is 20.8 Å². The van der Waals surface area contributed by atoms with Crippen LogP contribution in [0.4, 0.5) is 0 Å². The lowest BCUT2D eigenvalue weighted by molar-refractivity contribution is 1.08. The number of hydrogen-bond donors (Lipinski definition) is 1. The third-order valence-electron chi connectivity index (χ3n) is 12.9. The van der Waals surface area contributed by atoms with E-state index in [-0.39, 0.29) is 0 Å². The maximum Gasteiger partial charge on any atom is 0.147 e. The van der Waals surface area contributed by atoms with Crippen molar-refractivity contribution in [2.75, 3.05) is 0 Å². The molecule has 12 rings (SSSR count). The van der Waals surface area contributed by atoms with Gasteiger partial charge in [-0.1, -0.05) is 91.0 Å². The van der Waals surface area contributed by atoms with Crippen LogP contribution in [0.3, 0.4) is 0 Å². The molecule has 6 nitrogen and oxygen atoms in total. The largest absolute Gasteiger partial charge is 0.354 e. The first-order valence-electron chi connectivity index (χ1n) is 21.1. The Labute approximate surface area is 358 Å². The highest BCUT2D eigenvalue weighted by atomic mass is 15.1. The zero-order valence-electron chi connectivity index (χ0n) is 34.6. The molecule has 1 N–H and O–H groups in total. The molecule has 0 fully saturated rings. The number of benzene rings is 7. The third-order valence-corrected chi connectivity index (χ3v) is 12.9. The van der Waals surface area contributed by atoms with Crippen LogP contribution < -0.4 is 0 Å². The van der Waals surface area contributed by atoms with Crippen LogP contribution in [0.2, 0.25) is 0 Å². The smallest absolute Gasteiger partial charge is 0.147 e. The predicted octanol–water partition coefficient (Wildman–Crippen LogP) is 14.1. The number of H-pyrrole nitrogens is 1. The van der Waals surface area contributed by atoms with Crippen LogP contribution >= 0.6 is 0 Å². The minimum atomic E-state index is 0.875. The molecular weight excluding hydrogens is 757 g/mol. The monoisotopic (exact) mass is 796 g/mol. The second kappa shape index (κ2) is 14.0. The number of para-hydroxylation sites is 2. The summed E-state index contributed by atoms with van der Waals surface area (Å²) in [5, 5.41) is 4.79. The van der Waals surface area contributed by atoms with Gasteiger partial charge in [0.2, 0.25) is 0 Å². The molecule has 7 aromatic carbocycles. The zero-order chi connectivity index (χ0) is 41.5. The maximum absolute atomic E-state index is 5.68. The second-order valence-electron chi connectivity index (χ2n) is 16.3. The summed E-state index contributed by atoms with van der Waals surface area (Å²) < 4.78 is 4.61. The highest BCUT2D eigenvalue weighted by Gasteiger charge is 2.24. The Morgan fingerprint density at radius 3 is 2.05 bits per heavy atom. The van der Waals surface area contributed by atoms with Gasteiger partial charge in [0.05, 0.1) is 27.6 Å². The normalized spacial score (nSPS) is 11.8. The van der Waals surface area contributed by atoms with Crippen molar-refractivity contribution in [3.05, 3.63) is 199 Å². The van der Waals surface area contributed by atoms with E-state index in [4.69, 9.17) is 9.97 Å². The lowest BCUT2D eigenvalue weighted by Gasteiger charge is -2.13. The minimum Gasteiger partial charge on any atom is -0.354 e. The average molecular weight is 797 g/mol. The maximum atomic E-state index is 5.68. The molecule has 0 amide bonds. The fourth-order valence-corrected chi connectivity index (χ4v) is 9.67. The van der Waals surface area contributed by atoms with Crippen molar-refractivity contribution in [1.29, 1.82) is 0 Å². The summed E-state index contributed by atoms with van der Waals surface area (Å²) >= 11 is 0. The SMILES string of the molecule is Cc1cc2[nH]c3c(-c4nc5c(-c6ccc7c8cc(-c9ccccc9)ccc8n(-c8ccccn8)c7c6)cccc5n4-c4ccccc4)ccc(-c4ccncc4)c3c2c(C)c1C. The zero-order valence-corrected chi connectivity index (χ0v) is 34.6. The Bertz CT molecular complexity index is 3690. The molecule has 294 valence electrons. The molecule has 62 heavy (non-hydrogen) atoms. The van der Waals surface area contributed by atoms with E-state index in [0.29, 0.717) is 0 Å². The van der Waals surface area contributed by atoms with Crippen LogP contribution in [-0.2, 0) is 0 Å². The lowest BCUT2D eigenvalue weighted by atomic mass is 9.93. The second-order valence-corrected chi connectivity index (χ2v) is 16.3. The van der Waals surface area contributed by atoms with Crippen molar-refractivity contribution in [1.82, 2.24) is 29.1 Å². The Morgan fingerprint density at radius 2 is 1.24 bits per heavy atom. The van der Waals surface area contributed by atoms with Gasteiger partial charge in [-0.2, -0.15) is 0 Å². The number of pyridine rings is 2. The minimum absolute atomic E-state index is 0.875. The van der Waals surface area contributed by atoms with Gasteiger partial charge in [0, 0.05) is 62.5 Å². The highest BCUT2D eigenvalue weighted by molar-refractivity contribution is 6.19. The van der Waals surface area contributed by atoms with E-state index in [0.717, 1.165) is 72.7 Å². The molecule has 0 radical (unpaired) electrons. The number of fused-ring (bicyclic) bond motifs is 7. The molecule has 0 saturated carbocycles. The summed E-state index contributed by atoms with van der Waals surface area (Å²) in [4.78, 5) is 18.8. The first-order chi connectivity index (χ1) is 30.5. The van der Waals surface area contributed by atoms with Crippen molar-refractivity contribution >= 4 is 54.6 Å². The van der Waals surface area contributed by atoms with E-state index in [1.807, 2.05) is 24.7 Å². The summed E-state index contributed by atoms with van der Waals surface area (Å²) in [5.41, 5.74) is 19.1. The van der Waals surface area contributed by atoms with Gasteiger partial charge in [-0.15, -0.1) is 0 Å². The summed E-state index contributed by atoms with van der Waals surface area (Å²) in [6.07, 6.45) is 5.61. The summed E-state index contributed by atoms with van der Waals surface area (Å²) in [6.45, 7) is 6.67. The van der Waals surface area contributed by atoms with Crippen molar-refractivity contribution in [3.8, 4) is 56.3 Å². The Balaban J connectivity index is 1.12. The molecule has 0 bridgehead atoms. The fraction of sp³-hybridized carbons (Fsp3) is 0.0536. The highest BCUT2D eigenvalue weighted by Crippen LogP contribution is 2.44. The number of nitrogens with zero attached hydrogens (tertiary/aromatic N) is 5. The van der Waals surface area contributed by atoms with Crippen LogP contribution in [-0.4, -0.2) is 29.1 Å². The molecule has 0 saturated heterocycles. The number of imidazole rings is 1. The van der Waals surface area contributed by atoms with Gasteiger partial charge >= 0.3 is 0 Å². The number of aryl methyl sites for hydroxylation is 2. The van der Waals surface area contributed by atoms with Gasteiger partial charge in [-0.3, -0.25) is 14.1 Å². The molecule has 0 spiro atoms. The van der Waals surface area contributed by atoms with Crippen LogP contribution in [0.5, 0.6) is 0 Å². The van der Waals surface area contributed by atoms with E-state index >= 15 is 0 Å². The average Bonchev–Trinajstić information content (AvgIpc) is 4.01. The van der Waals surface area contributed by atoms with E-state index in [2.05, 4.69) is 198 Å². The molecule has 5 aromatic heterocycles. The van der Waals surface area contributed by atoms with Crippen LogP contribution in [0.25, 0.3) is 111 Å².